The summed E-state index contributed by atoms with van der Waals surface area (Å²) in [6, 6.07) is 10.5. The van der Waals surface area contributed by atoms with Crippen molar-refractivity contribution in [2.24, 2.45) is 0 Å². The molecule has 1 aromatic carbocycles. The maximum absolute atomic E-state index is 12.3. The van der Waals surface area contributed by atoms with Gasteiger partial charge in [0.05, 0.1) is 17.9 Å². The predicted octanol–water partition coefficient (Wildman–Crippen LogP) is 2.11. The van der Waals surface area contributed by atoms with Crippen molar-refractivity contribution in [3.63, 3.8) is 0 Å². The van der Waals surface area contributed by atoms with Gasteiger partial charge in [-0.2, -0.15) is 10.5 Å². The van der Waals surface area contributed by atoms with Gasteiger partial charge in [-0.1, -0.05) is 12.1 Å². The van der Waals surface area contributed by atoms with Crippen molar-refractivity contribution >= 4 is 17.7 Å². The molecule has 0 atom stereocenters. The number of carbonyl (C=O) groups excluding carboxylic acids is 2. The molecule has 0 unspecified atom stereocenters. The number of nitrogens with zero attached hydrogens (tertiary/aromatic N) is 3. The van der Waals surface area contributed by atoms with E-state index in [0.29, 0.717) is 43.8 Å². The molecule has 0 bridgehead atoms. The molecule has 8 heteroatoms. The Kier molecular flexibility index (Phi) is 7.21. The fraction of sp³-hybridized carbons (Fsp3) is 0.368. The highest BCUT2D eigenvalue weighted by Crippen LogP contribution is 2.15. The lowest BCUT2D eigenvalue weighted by molar-refractivity contribution is -0.112. The monoisotopic (exact) mass is 367 g/mol. The quantitative estimate of drug-likeness (QED) is 0.608. The molecule has 1 saturated heterocycles. The average Bonchev–Trinajstić information content (AvgIpc) is 2.69. The van der Waals surface area contributed by atoms with Crippen LogP contribution in [0.15, 0.2) is 36.0 Å². The van der Waals surface area contributed by atoms with Crippen LogP contribution in [0.25, 0.3) is 0 Å². The first-order chi connectivity index (χ1) is 13.1. The number of hydrogen-bond acceptors (Lipinski definition) is 6. The molecular formula is C19H21N5O3. The van der Waals surface area contributed by atoms with E-state index in [0.717, 1.165) is 0 Å². The van der Waals surface area contributed by atoms with Crippen molar-refractivity contribution in [2.75, 3.05) is 25.0 Å². The molecule has 140 valence electrons. The Bertz CT molecular complexity index is 798. The zero-order valence-corrected chi connectivity index (χ0v) is 15.1. The highest BCUT2D eigenvalue weighted by molar-refractivity contribution is 6.07. The summed E-state index contributed by atoms with van der Waals surface area (Å²) < 4.78 is 4.97. The molecule has 1 heterocycles. The summed E-state index contributed by atoms with van der Waals surface area (Å²) in [5.41, 5.74) is 0.590. The SMILES string of the molecule is CCOC(=O)N1CCC(N/C=C(/C#N)C(=O)Nc2ccccc2C#N)CC1. The van der Waals surface area contributed by atoms with E-state index in [-0.39, 0.29) is 17.7 Å². The van der Waals surface area contributed by atoms with Gasteiger partial charge >= 0.3 is 6.09 Å². The molecule has 1 aliphatic rings. The molecule has 8 nitrogen and oxygen atoms in total. The Morgan fingerprint density at radius 2 is 2.00 bits per heavy atom. The maximum atomic E-state index is 12.3. The third-order valence-electron chi connectivity index (χ3n) is 4.15. The Morgan fingerprint density at radius 1 is 1.30 bits per heavy atom. The van der Waals surface area contributed by atoms with Crippen LogP contribution in [0.5, 0.6) is 0 Å². The minimum absolute atomic E-state index is 0.0539. The summed E-state index contributed by atoms with van der Waals surface area (Å²) in [6.45, 7) is 3.21. The number of benzene rings is 1. The highest BCUT2D eigenvalue weighted by Gasteiger charge is 2.23. The topological polar surface area (TPSA) is 118 Å². The molecule has 2 amide bonds. The zero-order chi connectivity index (χ0) is 19.6. The van der Waals surface area contributed by atoms with Crippen LogP contribution >= 0.6 is 0 Å². The fourth-order valence-electron chi connectivity index (χ4n) is 2.67. The molecule has 1 aliphatic heterocycles. The van der Waals surface area contributed by atoms with Crippen LogP contribution in [0.3, 0.4) is 0 Å². The van der Waals surface area contributed by atoms with E-state index in [2.05, 4.69) is 10.6 Å². The summed E-state index contributed by atoms with van der Waals surface area (Å²) in [5, 5.41) is 24.0. The smallest absolute Gasteiger partial charge is 0.409 e. The van der Waals surface area contributed by atoms with Gasteiger partial charge in [0.25, 0.3) is 5.91 Å². The minimum atomic E-state index is -0.586. The Morgan fingerprint density at radius 3 is 2.63 bits per heavy atom. The first kappa shape index (κ1) is 19.8. The van der Waals surface area contributed by atoms with Gasteiger partial charge in [-0.05, 0) is 31.9 Å². The number of nitriles is 2. The summed E-state index contributed by atoms with van der Waals surface area (Å²) in [6.07, 6.45) is 2.44. The predicted molar refractivity (Wildman–Crippen MR) is 98.2 cm³/mol. The molecule has 1 fully saturated rings. The lowest BCUT2D eigenvalue weighted by Gasteiger charge is -2.31. The van der Waals surface area contributed by atoms with E-state index >= 15 is 0 Å². The van der Waals surface area contributed by atoms with Crippen LogP contribution in [-0.4, -0.2) is 42.6 Å². The van der Waals surface area contributed by atoms with E-state index in [4.69, 9.17) is 10.00 Å². The molecule has 2 N–H and O–H groups in total. The molecule has 0 saturated carbocycles. The zero-order valence-electron chi connectivity index (χ0n) is 15.1. The van der Waals surface area contributed by atoms with Crippen LogP contribution < -0.4 is 10.6 Å². The van der Waals surface area contributed by atoms with E-state index < -0.39 is 5.91 Å². The van der Waals surface area contributed by atoms with Gasteiger partial charge in [-0.15, -0.1) is 0 Å². The number of rotatable bonds is 5. The van der Waals surface area contributed by atoms with Gasteiger partial charge in [-0.25, -0.2) is 4.79 Å². The van der Waals surface area contributed by atoms with Crippen molar-refractivity contribution in [1.29, 1.82) is 10.5 Å². The van der Waals surface area contributed by atoms with Crippen LogP contribution in [0, 0.1) is 22.7 Å². The summed E-state index contributed by atoms with van der Waals surface area (Å²) >= 11 is 0. The normalized spacial score (nSPS) is 14.6. The number of likely N-dealkylation sites (tertiary alicyclic amines) is 1. The molecule has 2 rings (SSSR count). The first-order valence-corrected chi connectivity index (χ1v) is 8.67. The van der Waals surface area contributed by atoms with Gasteiger partial charge in [0.15, 0.2) is 0 Å². The maximum Gasteiger partial charge on any atom is 0.409 e. The van der Waals surface area contributed by atoms with Crippen LogP contribution in [-0.2, 0) is 9.53 Å². The molecule has 0 aromatic heterocycles. The number of piperidine rings is 1. The van der Waals surface area contributed by atoms with Crippen molar-refractivity contribution in [3.8, 4) is 12.1 Å². The summed E-state index contributed by atoms with van der Waals surface area (Å²) in [7, 11) is 0. The number of carbonyl (C=O) groups is 2. The largest absolute Gasteiger partial charge is 0.450 e. The third-order valence-corrected chi connectivity index (χ3v) is 4.15. The van der Waals surface area contributed by atoms with Crippen molar-refractivity contribution in [3.05, 3.63) is 41.6 Å². The van der Waals surface area contributed by atoms with Crippen LogP contribution in [0.4, 0.5) is 10.5 Å². The number of para-hydroxylation sites is 1. The molecule has 0 radical (unpaired) electrons. The van der Waals surface area contributed by atoms with Gasteiger partial charge < -0.3 is 20.3 Å². The lowest BCUT2D eigenvalue weighted by Crippen LogP contribution is -2.44. The van der Waals surface area contributed by atoms with Gasteiger partial charge in [0, 0.05) is 25.3 Å². The number of ether oxygens (including phenoxy) is 1. The molecular weight excluding hydrogens is 346 g/mol. The number of anilines is 1. The standard InChI is InChI=1S/C19H21N5O3/c1-2-27-19(26)24-9-7-16(8-10-24)22-13-15(12-21)18(25)23-17-6-4-3-5-14(17)11-20/h3-6,13,16,22H,2,7-10H2,1H3,(H,23,25)/b15-13-. The highest BCUT2D eigenvalue weighted by atomic mass is 16.6. The van der Waals surface area contributed by atoms with E-state index in [1.807, 2.05) is 12.1 Å². The van der Waals surface area contributed by atoms with Crippen molar-refractivity contribution < 1.29 is 14.3 Å². The second-order valence-electron chi connectivity index (χ2n) is 5.91. The molecule has 27 heavy (non-hydrogen) atoms. The Labute approximate surface area is 158 Å². The van der Waals surface area contributed by atoms with E-state index in [9.17, 15) is 14.9 Å². The van der Waals surface area contributed by atoms with Crippen LogP contribution in [0.1, 0.15) is 25.3 Å². The van der Waals surface area contributed by atoms with Gasteiger partial charge in [0.1, 0.15) is 17.7 Å². The Balaban J connectivity index is 1.91. The third kappa shape index (κ3) is 5.48. The van der Waals surface area contributed by atoms with Crippen LogP contribution in [0.2, 0.25) is 0 Å². The first-order valence-electron chi connectivity index (χ1n) is 8.67. The van der Waals surface area contributed by atoms with E-state index in [1.54, 1.807) is 36.1 Å². The second kappa shape index (κ2) is 9.83. The van der Waals surface area contributed by atoms with E-state index in [1.165, 1.54) is 6.20 Å². The fourth-order valence-corrected chi connectivity index (χ4v) is 2.67. The number of amides is 2. The molecule has 0 spiro atoms. The second-order valence-corrected chi connectivity index (χ2v) is 5.91. The Hall–Kier alpha value is -3.52. The minimum Gasteiger partial charge on any atom is -0.450 e. The molecule has 1 aromatic rings. The average molecular weight is 367 g/mol. The molecule has 0 aliphatic carbocycles. The van der Waals surface area contributed by atoms with Crippen molar-refractivity contribution in [1.82, 2.24) is 10.2 Å². The number of hydrogen-bond donors (Lipinski definition) is 2. The lowest BCUT2D eigenvalue weighted by atomic mass is 10.1. The number of nitrogens with one attached hydrogen (secondary N) is 2. The summed E-state index contributed by atoms with van der Waals surface area (Å²) in [5.74, 6) is -0.586. The summed E-state index contributed by atoms with van der Waals surface area (Å²) in [4.78, 5) is 25.6. The van der Waals surface area contributed by atoms with Gasteiger partial charge in [-0.3, -0.25) is 4.79 Å². The van der Waals surface area contributed by atoms with Gasteiger partial charge in [0.2, 0.25) is 0 Å². The van der Waals surface area contributed by atoms with Crippen molar-refractivity contribution in [2.45, 2.75) is 25.8 Å².